The molecule has 1 aliphatic carbocycles. The van der Waals surface area contributed by atoms with Crippen molar-refractivity contribution in [2.24, 2.45) is 11.8 Å². The normalized spacial score (nSPS) is 26.7. The average molecular weight is 784 g/mol. The van der Waals surface area contributed by atoms with E-state index in [9.17, 15) is 24.0 Å². The number of fused-ring (bicyclic) bond motifs is 4. The van der Waals surface area contributed by atoms with Crippen molar-refractivity contribution in [3.8, 4) is 23.7 Å². The van der Waals surface area contributed by atoms with Gasteiger partial charge in [0.1, 0.15) is 24.0 Å². The van der Waals surface area contributed by atoms with E-state index in [0.29, 0.717) is 58.0 Å². The molecule has 2 bridgehead atoms. The van der Waals surface area contributed by atoms with Crippen molar-refractivity contribution in [1.29, 1.82) is 5.26 Å². The molecule has 290 valence electrons. The molecule has 5 aliphatic heterocycles. The minimum atomic E-state index is -0.959. The maximum Gasteiger partial charge on any atom is 0.262 e. The lowest BCUT2D eigenvalue weighted by atomic mass is 9.82. The number of rotatable bonds is 6. The Morgan fingerprint density at radius 3 is 2.12 bits per heavy atom. The molecular weight excluding hydrogens is 742 g/mol. The van der Waals surface area contributed by atoms with Crippen LogP contribution in [0.3, 0.4) is 0 Å². The van der Waals surface area contributed by atoms with Crippen LogP contribution in [0.15, 0.2) is 54.6 Å². The summed E-state index contributed by atoms with van der Waals surface area (Å²) in [6, 6.07) is 17.9. The SMILES string of the molecule is N#Cc1ccc(OC2CC3CCC(C2)N3C(=O)c2ccc(C#C[C@H]3CC[C@H](CN4Cc5cc6c(cc5C4)C(=O)N(C4CCC(=O)NC4=O)C6=O)CC3)cc2)cc1Cl. The fourth-order valence-electron chi connectivity index (χ4n) is 9.86. The van der Waals surface area contributed by atoms with Crippen LogP contribution >= 0.6 is 11.6 Å². The molecule has 3 saturated heterocycles. The summed E-state index contributed by atoms with van der Waals surface area (Å²) in [6.45, 7) is 2.37. The zero-order valence-corrected chi connectivity index (χ0v) is 32.2. The molecule has 11 nitrogen and oxygen atoms in total. The first-order valence-corrected chi connectivity index (χ1v) is 20.4. The molecule has 6 aliphatic rings. The van der Waals surface area contributed by atoms with Gasteiger partial charge in [0.25, 0.3) is 17.7 Å². The highest BCUT2D eigenvalue weighted by molar-refractivity contribution is 6.31. The molecule has 1 saturated carbocycles. The lowest BCUT2D eigenvalue weighted by Crippen LogP contribution is -2.54. The van der Waals surface area contributed by atoms with Gasteiger partial charge < -0.3 is 9.64 Å². The van der Waals surface area contributed by atoms with Crippen LogP contribution in [0.25, 0.3) is 0 Å². The van der Waals surface area contributed by atoms with E-state index in [2.05, 4.69) is 33.0 Å². The summed E-state index contributed by atoms with van der Waals surface area (Å²) in [5, 5.41) is 11.8. The predicted molar refractivity (Wildman–Crippen MR) is 209 cm³/mol. The third-order valence-electron chi connectivity index (χ3n) is 12.8. The molecule has 9 rings (SSSR count). The highest BCUT2D eigenvalue weighted by Crippen LogP contribution is 2.39. The molecule has 12 heteroatoms. The summed E-state index contributed by atoms with van der Waals surface area (Å²) in [5.74, 6) is 6.52. The second kappa shape index (κ2) is 15.1. The van der Waals surface area contributed by atoms with Crippen LogP contribution < -0.4 is 10.1 Å². The number of carbonyl (C=O) groups is 5. The third-order valence-corrected chi connectivity index (χ3v) is 13.1. The molecule has 3 aromatic rings. The van der Waals surface area contributed by atoms with E-state index in [0.717, 1.165) is 79.5 Å². The molecule has 3 unspecified atom stereocenters. The van der Waals surface area contributed by atoms with Gasteiger partial charge >= 0.3 is 0 Å². The Balaban J connectivity index is 0.743. The van der Waals surface area contributed by atoms with E-state index in [1.807, 2.05) is 36.4 Å². The Kier molecular flexibility index (Phi) is 9.84. The number of halogens is 1. The second-order valence-electron chi connectivity index (χ2n) is 16.4. The van der Waals surface area contributed by atoms with Crippen LogP contribution in [0, 0.1) is 35.0 Å². The van der Waals surface area contributed by atoms with Crippen LogP contribution in [-0.4, -0.2) is 75.0 Å². The number of imide groups is 2. The van der Waals surface area contributed by atoms with Gasteiger partial charge in [-0.3, -0.25) is 39.1 Å². The number of hydrogen-bond acceptors (Lipinski definition) is 8. The zero-order valence-electron chi connectivity index (χ0n) is 31.5. The fraction of sp³-hybridized carbons (Fsp3) is 0.422. The molecule has 4 fully saturated rings. The first kappa shape index (κ1) is 37.1. The van der Waals surface area contributed by atoms with Crippen molar-refractivity contribution in [2.75, 3.05) is 6.54 Å². The fourth-order valence-corrected chi connectivity index (χ4v) is 10.1. The Bertz CT molecular complexity index is 2240. The van der Waals surface area contributed by atoms with E-state index < -0.39 is 23.8 Å². The lowest BCUT2D eigenvalue weighted by Gasteiger charge is -2.39. The van der Waals surface area contributed by atoms with Crippen molar-refractivity contribution in [2.45, 2.75) is 102 Å². The minimum absolute atomic E-state index is 0.00840. The average Bonchev–Trinajstić information content (AvgIpc) is 3.81. The summed E-state index contributed by atoms with van der Waals surface area (Å²) >= 11 is 6.21. The molecule has 57 heavy (non-hydrogen) atoms. The van der Waals surface area contributed by atoms with Gasteiger partial charge in [0, 0.05) is 74.1 Å². The lowest BCUT2D eigenvalue weighted by molar-refractivity contribution is -0.136. The van der Waals surface area contributed by atoms with Gasteiger partial charge in [0.15, 0.2) is 0 Å². The van der Waals surface area contributed by atoms with Gasteiger partial charge in [-0.05, 0) is 111 Å². The highest BCUT2D eigenvalue weighted by Gasteiger charge is 2.46. The number of carbonyl (C=O) groups excluding carboxylic acids is 5. The predicted octanol–water partition coefficient (Wildman–Crippen LogP) is 6.00. The summed E-state index contributed by atoms with van der Waals surface area (Å²) in [4.78, 5) is 69.8. The molecule has 0 radical (unpaired) electrons. The molecule has 3 aromatic carbocycles. The van der Waals surface area contributed by atoms with Crippen LogP contribution in [-0.2, 0) is 22.7 Å². The third kappa shape index (κ3) is 7.20. The van der Waals surface area contributed by atoms with E-state index in [1.165, 1.54) is 0 Å². The molecule has 3 atom stereocenters. The van der Waals surface area contributed by atoms with E-state index in [4.69, 9.17) is 21.6 Å². The van der Waals surface area contributed by atoms with Gasteiger partial charge in [0.05, 0.1) is 21.7 Å². The Morgan fingerprint density at radius 2 is 1.51 bits per heavy atom. The van der Waals surface area contributed by atoms with Crippen molar-refractivity contribution < 1.29 is 28.7 Å². The Labute approximate surface area is 336 Å². The Morgan fingerprint density at radius 1 is 0.842 bits per heavy atom. The van der Waals surface area contributed by atoms with Crippen LogP contribution in [0.4, 0.5) is 0 Å². The molecular formula is C45H42ClN5O6. The van der Waals surface area contributed by atoms with Gasteiger partial charge in [-0.1, -0.05) is 23.4 Å². The number of nitrogens with zero attached hydrogens (tertiary/aromatic N) is 4. The maximum absolute atomic E-state index is 13.7. The van der Waals surface area contributed by atoms with Crippen molar-refractivity contribution in [3.05, 3.63) is 98.6 Å². The molecule has 1 N–H and O–H groups in total. The molecule has 0 spiro atoms. The minimum Gasteiger partial charge on any atom is -0.490 e. The number of ether oxygens (including phenoxy) is 1. The largest absolute Gasteiger partial charge is 0.490 e. The Hall–Kier alpha value is -5.49. The maximum atomic E-state index is 13.7. The second-order valence-corrected chi connectivity index (χ2v) is 16.8. The van der Waals surface area contributed by atoms with Gasteiger partial charge in [-0.15, -0.1) is 0 Å². The van der Waals surface area contributed by atoms with Gasteiger partial charge in [-0.25, -0.2) is 0 Å². The van der Waals surface area contributed by atoms with Crippen molar-refractivity contribution in [1.82, 2.24) is 20.0 Å². The summed E-state index contributed by atoms with van der Waals surface area (Å²) in [6.07, 6.45) is 7.91. The zero-order chi connectivity index (χ0) is 39.4. The molecule has 5 amide bonds. The standard InChI is InChI=1S/C45H42ClN5O6/c46-39-21-35(14-11-30(39)22-47)57-36-19-33-12-13-34(20-36)50(33)43(54)29-9-7-27(8-10-29)2-1-26-3-5-28(6-4-26)23-49-24-31-17-37-38(18-32(31)25-49)45(56)51(44(37)55)40-15-16-41(52)48-42(40)53/h7-11,14,17-18,21,26,28,33-34,36,40H,3-6,12-13,15-16,19-20,23-25H2,(H,48,52,53)/t26-,28-,33?,34?,36?,40?. The van der Waals surface area contributed by atoms with E-state index in [-0.39, 0.29) is 42.8 Å². The first-order chi connectivity index (χ1) is 27.6. The number of nitriles is 1. The van der Waals surface area contributed by atoms with Crippen molar-refractivity contribution in [3.63, 3.8) is 0 Å². The van der Waals surface area contributed by atoms with Crippen molar-refractivity contribution >= 4 is 41.1 Å². The molecule has 5 heterocycles. The van der Waals surface area contributed by atoms with Crippen LogP contribution in [0.1, 0.15) is 118 Å². The number of nitrogens with one attached hydrogen (secondary N) is 1. The van der Waals surface area contributed by atoms with E-state index in [1.54, 1.807) is 18.2 Å². The van der Waals surface area contributed by atoms with Crippen LogP contribution in [0.2, 0.25) is 5.02 Å². The first-order valence-electron chi connectivity index (χ1n) is 20.0. The van der Waals surface area contributed by atoms with Crippen LogP contribution in [0.5, 0.6) is 5.75 Å². The van der Waals surface area contributed by atoms with E-state index >= 15 is 0 Å². The summed E-state index contributed by atoms with van der Waals surface area (Å²) < 4.78 is 6.25. The smallest absolute Gasteiger partial charge is 0.262 e. The summed E-state index contributed by atoms with van der Waals surface area (Å²) in [5.41, 5.74) is 4.77. The topological polar surface area (TPSA) is 140 Å². The molecule has 0 aromatic heterocycles. The number of amides is 5. The monoisotopic (exact) mass is 783 g/mol. The summed E-state index contributed by atoms with van der Waals surface area (Å²) in [7, 11) is 0. The van der Waals surface area contributed by atoms with Gasteiger partial charge in [-0.2, -0.15) is 5.26 Å². The number of piperidine rings is 2. The quantitative estimate of drug-likeness (QED) is 0.237. The number of hydrogen-bond donors (Lipinski definition) is 1. The number of benzene rings is 3. The highest BCUT2D eigenvalue weighted by atomic mass is 35.5. The van der Waals surface area contributed by atoms with Gasteiger partial charge in [0.2, 0.25) is 11.8 Å².